The van der Waals surface area contributed by atoms with E-state index in [4.69, 9.17) is 14.2 Å². The van der Waals surface area contributed by atoms with Crippen molar-refractivity contribution in [1.82, 2.24) is 0 Å². The Labute approximate surface area is 145 Å². The Morgan fingerprint density at radius 1 is 1.25 bits per heavy atom. The average molecular weight is 332 g/mol. The van der Waals surface area contributed by atoms with Gasteiger partial charge in [0.2, 0.25) is 0 Å². The van der Waals surface area contributed by atoms with Crippen LogP contribution >= 0.6 is 0 Å². The molecule has 0 saturated carbocycles. The van der Waals surface area contributed by atoms with Crippen LogP contribution in [-0.4, -0.2) is 31.4 Å². The van der Waals surface area contributed by atoms with Crippen LogP contribution in [0.25, 0.3) is 0 Å². The Bertz CT molecular complexity index is 510. The van der Waals surface area contributed by atoms with Crippen molar-refractivity contribution >= 4 is 5.97 Å². The molecule has 0 amide bonds. The maximum Gasteiger partial charge on any atom is 0.332 e. The van der Waals surface area contributed by atoms with Gasteiger partial charge in [-0.3, -0.25) is 0 Å². The average Bonchev–Trinajstić information content (AvgIpc) is 2.56. The summed E-state index contributed by atoms with van der Waals surface area (Å²) in [4.78, 5) is 11.7. The molecular weight excluding hydrogens is 304 g/mol. The van der Waals surface area contributed by atoms with Gasteiger partial charge in [0.25, 0.3) is 0 Å². The lowest BCUT2D eigenvalue weighted by Crippen LogP contribution is -2.27. The number of rotatable bonds is 11. The van der Waals surface area contributed by atoms with Crippen LogP contribution < -0.4 is 0 Å². The van der Waals surface area contributed by atoms with Gasteiger partial charge in [0, 0.05) is 5.92 Å². The molecule has 0 unspecified atom stereocenters. The minimum atomic E-state index is -0.384. The normalized spacial score (nSPS) is 15.0. The molecule has 1 rings (SSSR count). The summed E-state index contributed by atoms with van der Waals surface area (Å²) in [6.07, 6.45) is 4.84. The lowest BCUT2D eigenvalue weighted by atomic mass is 10.1. The molecule has 0 heterocycles. The number of carbonyl (C=O) groups excluding carboxylic acids is 1. The van der Waals surface area contributed by atoms with E-state index < -0.39 is 0 Å². The molecule has 0 aromatic heterocycles. The highest BCUT2D eigenvalue weighted by Gasteiger charge is 2.17. The van der Waals surface area contributed by atoms with Crippen LogP contribution in [0.2, 0.25) is 0 Å². The van der Waals surface area contributed by atoms with E-state index >= 15 is 0 Å². The van der Waals surface area contributed by atoms with Crippen molar-refractivity contribution in [3.63, 3.8) is 0 Å². The first-order valence-corrected chi connectivity index (χ1v) is 8.25. The number of hydrogen-bond acceptors (Lipinski definition) is 4. The second kappa shape index (κ2) is 11.6. The summed E-state index contributed by atoms with van der Waals surface area (Å²) < 4.78 is 16.5. The highest BCUT2D eigenvalue weighted by Crippen LogP contribution is 2.11. The Morgan fingerprint density at radius 3 is 2.58 bits per heavy atom. The van der Waals surface area contributed by atoms with Gasteiger partial charge >= 0.3 is 5.97 Å². The summed E-state index contributed by atoms with van der Waals surface area (Å²) in [5.41, 5.74) is 1.13. The number of ether oxygens (including phenoxy) is 3. The fourth-order valence-electron chi connectivity index (χ4n) is 2.21. The zero-order valence-corrected chi connectivity index (χ0v) is 14.8. The molecule has 132 valence electrons. The van der Waals surface area contributed by atoms with Gasteiger partial charge in [-0.2, -0.15) is 0 Å². The summed E-state index contributed by atoms with van der Waals surface area (Å²) in [5.74, 6) is -0.295. The summed E-state index contributed by atoms with van der Waals surface area (Å²) in [6, 6.07) is 9.99. The maximum absolute atomic E-state index is 11.7. The second-order valence-electron chi connectivity index (χ2n) is 5.71. The molecule has 0 aliphatic heterocycles. The summed E-state index contributed by atoms with van der Waals surface area (Å²) in [7, 11) is 0. The third-order valence-corrected chi connectivity index (χ3v) is 3.46. The molecule has 1 aromatic rings. The summed E-state index contributed by atoms with van der Waals surface area (Å²) >= 11 is 0. The molecule has 4 heteroatoms. The van der Waals surface area contributed by atoms with E-state index in [1.54, 1.807) is 6.08 Å². The van der Waals surface area contributed by atoms with Gasteiger partial charge in [-0.15, -0.1) is 6.58 Å². The molecule has 0 saturated heterocycles. The molecule has 1 aromatic carbocycles. The molecule has 0 aliphatic carbocycles. The summed E-state index contributed by atoms with van der Waals surface area (Å²) in [5, 5.41) is 0. The zero-order chi connectivity index (χ0) is 17.8. The van der Waals surface area contributed by atoms with Crippen LogP contribution in [0.3, 0.4) is 0 Å². The van der Waals surface area contributed by atoms with Gasteiger partial charge in [0.1, 0.15) is 12.7 Å². The predicted molar refractivity (Wildman–Crippen MR) is 95.6 cm³/mol. The van der Waals surface area contributed by atoms with Gasteiger partial charge in [0.15, 0.2) is 0 Å². The predicted octanol–water partition coefficient (Wildman–Crippen LogP) is 3.92. The van der Waals surface area contributed by atoms with Crippen LogP contribution in [0.4, 0.5) is 0 Å². The highest BCUT2D eigenvalue weighted by atomic mass is 16.6. The van der Waals surface area contributed by atoms with Gasteiger partial charge in [0.05, 0.1) is 19.3 Å². The van der Waals surface area contributed by atoms with E-state index in [2.05, 4.69) is 6.58 Å². The fraction of sp³-hybridized carbons (Fsp3) is 0.450. The van der Waals surface area contributed by atoms with Crippen molar-refractivity contribution in [3.8, 4) is 0 Å². The first-order valence-electron chi connectivity index (χ1n) is 8.25. The lowest BCUT2D eigenvalue weighted by Gasteiger charge is -2.21. The fourth-order valence-corrected chi connectivity index (χ4v) is 2.21. The first kappa shape index (κ1) is 20.1. The van der Waals surface area contributed by atoms with Gasteiger partial charge in [-0.05, 0) is 25.5 Å². The largest absolute Gasteiger partial charge is 0.457 e. The quantitative estimate of drug-likeness (QED) is 0.455. The molecule has 4 nitrogen and oxygen atoms in total. The monoisotopic (exact) mass is 332 g/mol. The van der Waals surface area contributed by atoms with E-state index in [-0.39, 0.29) is 30.7 Å². The van der Waals surface area contributed by atoms with Crippen LogP contribution in [-0.2, 0) is 25.6 Å². The lowest BCUT2D eigenvalue weighted by molar-refractivity contribution is -0.153. The number of esters is 1. The van der Waals surface area contributed by atoms with Crippen molar-refractivity contribution in [2.75, 3.05) is 13.2 Å². The molecule has 0 fully saturated rings. The smallest absolute Gasteiger partial charge is 0.332 e. The van der Waals surface area contributed by atoms with E-state index in [0.29, 0.717) is 13.2 Å². The van der Waals surface area contributed by atoms with Gasteiger partial charge in [-0.25, -0.2) is 4.79 Å². The third kappa shape index (κ3) is 8.09. The molecule has 0 radical (unpaired) electrons. The van der Waals surface area contributed by atoms with Crippen molar-refractivity contribution in [1.29, 1.82) is 0 Å². The van der Waals surface area contributed by atoms with Crippen molar-refractivity contribution in [2.45, 2.75) is 39.6 Å². The Balaban J connectivity index is 2.31. The topological polar surface area (TPSA) is 44.8 Å². The van der Waals surface area contributed by atoms with E-state index in [1.807, 2.05) is 63.3 Å². The van der Waals surface area contributed by atoms with Crippen LogP contribution in [0.1, 0.15) is 26.3 Å². The molecular formula is C20H28O4. The number of carbonyl (C=O) groups is 1. The Morgan fingerprint density at radius 2 is 1.96 bits per heavy atom. The summed E-state index contributed by atoms with van der Waals surface area (Å²) in [6.45, 7) is 10.4. The Kier molecular flexibility index (Phi) is 9.73. The van der Waals surface area contributed by atoms with Crippen molar-refractivity contribution < 1.29 is 19.0 Å². The molecule has 0 N–H and O–H groups in total. The number of hydrogen-bond donors (Lipinski definition) is 0. The highest BCUT2D eigenvalue weighted by molar-refractivity contribution is 5.71. The van der Waals surface area contributed by atoms with E-state index in [0.717, 1.165) is 5.56 Å². The molecule has 0 spiro atoms. The minimum absolute atomic E-state index is 0.0898. The standard InChI is InChI=1S/C20H28O4/c1-5-10-17(4)24-20(21)15-23-19(6-2)16(3)13-22-14-18-11-8-7-9-12-18/h5-12,16-17,19H,2,13-15H2,1,3-4H3/b10-5-/t16-,17+,19-/m1/s1. The zero-order valence-electron chi connectivity index (χ0n) is 14.8. The third-order valence-electron chi connectivity index (χ3n) is 3.46. The minimum Gasteiger partial charge on any atom is -0.457 e. The van der Waals surface area contributed by atoms with Crippen LogP contribution in [0.15, 0.2) is 55.1 Å². The molecule has 24 heavy (non-hydrogen) atoms. The molecule has 0 aliphatic rings. The van der Waals surface area contributed by atoms with Crippen LogP contribution in [0, 0.1) is 5.92 Å². The maximum atomic E-state index is 11.7. The molecule has 3 atom stereocenters. The SMILES string of the molecule is C=C[C@@H](OCC(=O)O[C@@H](C)/C=C\C)[C@H](C)COCc1ccccc1. The van der Waals surface area contributed by atoms with Gasteiger partial charge < -0.3 is 14.2 Å². The van der Waals surface area contributed by atoms with Gasteiger partial charge in [-0.1, -0.05) is 49.4 Å². The van der Waals surface area contributed by atoms with E-state index in [1.165, 1.54) is 0 Å². The number of benzene rings is 1. The van der Waals surface area contributed by atoms with Crippen molar-refractivity contribution in [2.24, 2.45) is 5.92 Å². The second-order valence-corrected chi connectivity index (χ2v) is 5.71. The van der Waals surface area contributed by atoms with Crippen molar-refractivity contribution in [3.05, 3.63) is 60.7 Å². The number of allylic oxidation sites excluding steroid dienone is 1. The first-order chi connectivity index (χ1) is 11.6. The molecule has 0 bridgehead atoms. The Hall–Kier alpha value is -1.91. The van der Waals surface area contributed by atoms with Crippen LogP contribution in [0.5, 0.6) is 0 Å². The van der Waals surface area contributed by atoms with E-state index in [9.17, 15) is 4.79 Å².